The first-order valence-corrected chi connectivity index (χ1v) is 6.49. The van der Waals surface area contributed by atoms with Gasteiger partial charge in [0.2, 0.25) is 6.34 Å². The maximum atomic E-state index is 2.57. The van der Waals surface area contributed by atoms with Gasteiger partial charge >= 0.3 is 0 Å². The molecule has 2 aliphatic heterocycles. The quantitative estimate of drug-likeness (QED) is 0.475. The van der Waals surface area contributed by atoms with E-state index in [1.165, 1.54) is 25.7 Å². The van der Waals surface area contributed by atoms with Crippen molar-refractivity contribution in [3.8, 4) is 0 Å². The zero-order valence-corrected chi connectivity index (χ0v) is 10.6. The minimum Gasteiger partial charge on any atom is -0.264 e. The lowest BCUT2D eigenvalue weighted by molar-refractivity contribution is -0.571. The van der Waals surface area contributed by atoms with Crippen LogP contribution in [0.4, 0.5) is 0 Å². The van der Waals surface area contributed by atoms with Gasteiger partial charge in [0.25, 0.3) is 0 Å². The minimum absolute atomic E-state index is 0.736. The van der Waals surface area contributed by atoms with Crippen LogP contribution in [0.1, 0.15) is 53.4 Å². The molecule has 2 heterocycles. The molecular weight excluding hydrogens is 184 g/mol. The van der Waals surface area contributed by atoms with E-state index < -0.39 is 0 Å². The molecule has 0 amide bonds. The number of hydrogen-bond donors (Lipinski definition) is 0. The molecule has 0 aromatic rings. The molecule has 15 heavy (non-hydrogen) atoms. The van der Waals surface area contributed by atoms with Crippen molar-refractivity contribution in [1.82, 2.24) is 4.90 Å². The van der Waals surface area contributed by atoms with E-state index in [0.29, 0.717) is 0 Å². The third-order valence-electron chi connectivity index (χ3n) is 4.31. The molecule has 2 heteroatoms. The predicted octanol–water partition coefficient (Wildman–Crippen LogP) is 2.47. The number of rotatable bonds is 1. The largest absolute Gasteiger partial charge is 0.264 e. The topological polar surface area (TPSA) is 6.25 Å². The summed E-state index contributed by atoms with van der Waals surface area (Å²) in [6.07, 6.45) is 7.84. The third kappa shape index (κ3) is 2.04. The van der Waals surface area contributed by atoms with Crippen molar-refractivity contribution in [3.63, 3.8) is 0 Å². The highest BCUT2D eigenvalue weighted by Crippen LogP contribution is 2.24. The smallest absolute Gasteiger partial charge is 0.234 e. The standard InChI is InChI=1S/C13H25N2/c1-10-5-6-11(2)14(10)9-15-12(3)7-8-13(15)4/h9-13H,5-8H2,1-4H3/q+1/t10-,11-,12-,13-/m0/s1. The summed E-state index contributed by atoms with van der Waals surface area (Å²) in [6.45, 7) is 9.41. The molecule has 0 aromatic heterocycles. The fourth-order valence-electron chi connectivity index (χ4n) is 3.04. The maximum absolute atomic E-state index is 2.57. The first kappa shape index (κ1) is 11.0. The molecule has 0 aromatic carbocycles. The van der Waals surface area contributed by atoms with Crippen LogP contribution in [0.3, 0.4) is 0 Å². The summed E-state index contributed by atoms with van der Waals surface area (Å²) in [5.74, 6) is 0. The van der Waals surface area contributed by atoms with E-state index in [4.69, 9.17) is 0 Å². The first-order chi connectivity index (χ1) is 7.09. The van der Waals surface area contributed by atoms with Gasteiger partial charge in [-0.3, -0.25) is 9.48 Å². The van der Waals surface area contributed by atoms with Crippen LogP contribution in [0.2, 0.25) is 0 Å². The van der Waals surface area contributed by atoms with Crippen LogP contribution in [0.25, 0.3) is 0 Å². The van der Waals surface area contributed by atoms with Crippen LogP contribution in [0.5, 0.6) is 0 Å². The molecule has 2 fully saturated rings. The van der Waals surface area contributed by atoms with E-state index in [1.54, 1.807) is 0 Å². The molecule has 0 spiro atoms. The van der Waals surface area contributed by atoms with Crippen LogP contribution in [-0.2, 0) is 0 Å². The summed E-state index contributed by atoms with van der Waals surface area (Å²) in [5.41, 5.74) is 0. The number of nitrogens with zero attached hydrogens (tertiary/aromatic N) is 2. The van der Waals surface area contributed by atoms with E-state index in [1.807, 2.05) is 0 Å². The molecule has 4 atom stereocenters. The Bertz CT molecular complexity index is 237. The second kappa shape index (κ2) is 4.15. The molecule has 0 unspecified atom stereocenters. The van der Waals surface area contributed by atoms with E-state index >= 15 is 0 Å². The Morgan fingerprint density at radius 3 is 1.80 bits per heavy atom. The van der Waals surface area contributed by atoms with Gasteiger partial charge < -0.3 is 0 Å². The lowest BCUT2D eigenvalue weighted by Crippen LogP contribution is -2.38. The summed E-state index contributed by atoms with van der Waals surface area (Å²) in [6, 6.07) is 2.94. The van der Waals surface area contributed by atoms with E-state index in [-0.39, 0.29) is 0 Å². The molecular formula is C13H25N2+. The second-order valence-corrected chi connectivity index (χ2v) is 5.56. The lowest BCUT2D eigenvalue weighted by atomic mass is 10.2. The molecule has 0 saturated carbocycles. The van der Waals surface area contributed by atoms with Crippen molar-refractivity contribution in [3.05, 3.63) is 0 Å². The fourth-order valence-corrected chi connectivity index (χ4v) is 3.04. The van der Waals surface area contributed by atoms with Crippen molar-refractivity contribution in [2.75, 3.05) is 0 Å². The summed E-state index contributed by atoms with van der Waals surface area (Å²) in [7, 11) is 0. The Hall–Kier alpha value is -0.530. The average molecular weight is 209 g/mol. The zero-order valence-electron chi connectivity index (χ0n) is 10.6. The molecule has 2 saturated heterocycles. The Kier molecular flexibility index (Phi) is 3.03. The number of hydrogen-bond acceptors (Lipinski definition) is 0. The summed E-state index contributed by atoms with van der Waals surface area (Å²) < 4.78 is 2.57. The van der Waals surface area contributed by atoms with Crippen LogP contribution >= 0.6 is 0 Å². The Labute approximate surface area is 94.0 Å². The molecule has 0 aliphatic carbocycles. The molecule has 0 N–H and O–H groups in total. The third-order valence-corrected chi connectivity index (χ3v) is 4.31. The van der Waals surface area contributed by atoms with Crippen LogP contribution < -0.4 is 0 Å². The van der Waals surface area contributed by atoms with Gasteiger partial charge in [-0.25, -0.2) is 0 Å². The normalized spacial score (nSPS) is 41.3. The number of likely N-dealkylation sites (tertiary alicyclic amines) is 1. The minimum atomic E-state index is 0.736. The lowest BCUT2D eigenvalue weighted by Gasteiger charge is -2.20. The van der Waals surface area contributed by atoms with Crippen molar-refractivity contribution in [2.45, 2.75) is 77.5 Å². The first-order valence-electron chi connectivity index (χ1n) is 6.49. The highest BCUT2D eigenvalue weighted by molar-refractivity contribution is 5.51. The Balaban J connectivity index is 2.14. The maximum Gasteiger partial charge on any atom is 0.234 e. The monoisotopic (exact) mass is 209 g/mol. The van der Waals surface area contributed by atoms with Crippen LogP contribution in [-0.4, -0.2) is 40.0 Å². The SMILES string of the molecule is C[C@H]1CC[C@H](C)N1C=[N+]1[C@@H](C)CC[C@@H]1C. The van der Waals surface area contributed by atoms with Gasteiger partial charge in [0.15, 0.2) is 0 Å². The van der Waals surface area contributed by atoms with E-state index in [9.17, 15) is 0 Å². The summed E-state index contributed by atoms with van der Waals surface area (Å²) in [5, 5.41) is 0. The molecule has 86 valence electrons. The van der Waals surface area contributed by atoms with Gasteiger partial charge in [-0.1, -0.05) is 0 Å². The summed E-state index contributed by atoms with van der Waals surface area (Å²) in [4.78, 5) is 2.57. The molecule has 2 rings (SSSR count). The van der Waals surface area contributed by atoms with Crippen LogP contribution in [0.15, 0.2) is 0 Å². The van der Waals surface area contributed by atoms with Gasteiger partial charge in [-0.15, -0.1) is 0 Å². The predicted molar refractivity (Wildman–Crippen MR) is 64.5 cm³/mol. The van der Waals surface area contributed by atoms with Crippen molar-refractivity contribution in [1.29, 1.82) is 0 Å². The van der Waals surface area contributed by atoms with Gasteiger partial charge in [0, 0.05) is 0 Å². The highest BCUT2D eigenvalue weighted by Gasteiger charge is 2.34. The van der Waals surface area contributed by atoms with Gasteiger partial charge in [-0.2, -0.15) is 0 Å². The van der Waals surface area contributed by atoms with Crippen molar-refractivity contribution < 1.29 is 4.58 Å². The van der Waals surface area contributed by atoms with Crippen molar-refractivity contribution in [2.24, 2.45) is 0 Å². The van der Waals surface area contributed by atoms with E-state index in [0.717, 1.165) is 24.2 Å². The summed E-state index contributed by atoms with van der Waals surface area (Å²) >= 11 is 0. The highest BCUT2D eigenvalue weighted by atomic mass is 15.3. The average Bonchev–Trinajstić information content (AvgIpc) is 2.67. The fraction of sp³-hybridized carbons (Fsp3) is 0.923. The van der Waals surface area contributed by atoms with Gasteiger partial charge in [0.05, 0.1) is 24.2 Å². The van der Waals surface area contributed by atoms with Crippen LogP contribution in [0, 0.1) is 0 Å². The Morgan fingerprint density at radius 1 is 0.867 bits per heavy atom. The van der Waals surface area contributed by atoms with E-state index in [2.05, 4.69) is 43.5 Å². The molecule has 2 nitrogen and oxygen atoms in total. The zero-order chi connectivity index (χ0) is 11.0. The van der Waals surface area contributed by atoms with Gasteiger partial charge in [0.1, 0.15) is 0 Å². The molecule has 0 bridgehead atoms. The molecule has 2 aliphatic rings. The molecule has 0 radical (unpaired) electrons. The van der Waals surface area contributed by atoms with Gasteiger partial charge in [-0.05, 0) is 53.4 Å². The second-order valence-electron chi connectivity index (χ2n) is 5.56. The van der Waals surface area contributed by atoms with Crippen molar-refractivity contribution >= 4 is 6.34 Å². The Morgan fingerprint density at radius 2 is 1.33 bits per heavy atom.